The van der Waals surface area contributed by atoms with E-state index in [2.05, 4.69) is 37.4 Å². The highest BCUT2D eigenvalue weighted by atomic mass is 79.9. The van der Waals surface area contributed by atoms with E-state index in [4.69, 9.17) is 4.74 Å². The Morgan fingerprint density at radius 2 is 2.42 bits per heavy atom. The van der Waals surface area contributed by atoms with Crippen LogP contribution in [0.4, 0.5) is 0 Å². The second-order valence-corrected chi connectivity index (χ2v) is 5.40. The smallest absolute Gasteiger partial charge is 0.137 e. The van der Waals surface area contributed by atoms with Crippen LogP contribution in [0.2, 0.25) is 0 Å². The normalized spacial score (nSPS) is 17.8. The van der Waals surface area contributed by atoms with Crippen LogP contribution in [0.15, 0.2) is 35.3 Å². The monoisotopic (exact) mass is 322 g/mol. The average Bonchev–Trinajstić information content (AvgIpc) is 2.92. The Morgan fingerprint density at radius 1 is 1.47 bits per heavy atom. The van der Waals surface area contributed by atoms with Crippen molar-refractivity contribution in [3.8, 4) is 5.75 Å². The summed E-state index contributed by atoms with van der Waals surface area (Å²) in [5, 5.41) is 7.64. The quantitative estimate of drug-likeness (QED) is 0.937. The zero-order valence-electron chi connectivity index (χ0n) is 10.4. The number of ether oxygens (including phenoxy) is 1. The molecule has 3 rings (SSSR count). The highest BCUT2D eigenvalue weighted by Gasteiger charge is 2.20. The molecule has 0 amide bonds. The third-order valence-electron chi connectivity index (χ3n) is 3.21. The molecule has 1 aromatic carbocycles. The Kier molecular flexibility index (Phi) is 3.79. The van der Waals surface area contributed by atoms with Crippen LogP contribution in [0.3, 0.4) is 0 Å². The number of aromatic nitrogens is 3. The molecule has 2 heterocycles. The SMILES string of the molecule is Brc1ccc2c(c1)[C@@H](NCCn1cncn1)CCO2. The van der Waals surface area contributed by atoms with E-state index in [1.165, 1.54) is 5.56 Å². The summed E-state index contributed by atoms with van der Waals surface area (Å²) in [5.74, 6) is 0.979. The van der Waals surface area contributed by atoms with Gasteiger partial charge in [-0.3, -0.25) is 4.68 Å². The summed E-state index contributed by atoms with van der Waals surface area (Å²) in [7, 11) is 0. The number of fused-ring (bicyclic) bond motifs is 1. The minimum absolute atomic E-state index is 0.338. The van der Waals surface area contributed by atoms with Gasteiger partial charge in [-0.15, -0.1) is 0 Å². The lowest BCUT2D eigenvalue weighted by molar-refractivity contribution is 0.251. The summed E-state index contributed by atoms with van der Waals surface area (Å²) >= 11 is 3.51. The lowest BCUT2D eigenvalue weighted by atomic mass is 10.0. The number of halogens is 1. The molecule has 5 nitrogen and oxygen atoms in total. The van der Waals surface area contributed by atoms with Crippen molar-refractivity contribution in [2.24, 2.45) is 0 Å². The third-order valence-corrected chi connectivity index (χ3v) is 3.70. The van der Waals surface area contributed by atoms with E-state index in [1.807, 2.05) is 16.8 Å². The van der Waals surface area contributed by atoms with E-state index in [0.717, 1.165) is 36.3 Å². The summed E-state index contributed by atoms with van der Waals surface area (Å²) in [6, 6.07) is 6.49. The first-order chi connectivity index (χ1) is 9.33. The third kappa shape index (κ3) is 2.96. The second kappa shape index (κ2) is 5.71. The van der Waals surface area contributed by atoms with E-state index in [-0.39, 0.29) is 0 Å². The van der Waals surface area contributed by atoms with Crippen molar-refractivity contribution in [1.29, 1.82) is 0 Å². The van der Waals surface area contributed by atoms with Crippen LogP contribution in [0.25, 0.3) is 0 Å². The molecule has 1 aliphatic rings. The minimum atomic E-state index is 0.338. The first-order valence-corrected chi connectivity index (χ1v) is 7.10. The predicted octanol–water partition coefficient (Wildman–Crippen LogP) is 2.15. The van der Waals surface area contributed by atoms with Crippen LogP contribution in [0.5, 0.6) is 5.75 Å². The zero-order valence-corrected chi connectivity index (χ0v) is 12.0. The second-order valence-electron chi connectivity index (χ2n) is 4.48. The van der Waals surface area contributed by atoms with Crippen LogP contribution >= 0.6 is 15.9 Å². The molecule has 0 fully saturated rings. The van der Waals surface area contributed by atoms with Crippen molar-refractivity contribution in [2.45, 2.75) is 19.0 Å². The number of hydrogen-bond donors (Lipinski definition) is 1. The number of rotatable bonds is 4. The standard InChI is InChI=1S/C13H15BrN4O/c14-10-1-2-13-11(7-10)12(3-6-19-13)16-4-5-18-9-15-8-17-18/h1-2,7-9,12,16H,3-6H2/t12-/m0/s1. The Bertz CT molecular complexity index is 544. The van der Waals surface area contributed by atoms with Crippen LogP contribution < -0.4 is 10.1 Å². The maximum atomic E-state index is 5.67. The molecule has 100 valence electrons. The van der Waals surface area contributed by atoms with Crippen molar-refractivity contribution in [1.82, 2.24) is 20.1 Å². The zero-order chi connectivity index (χ0) is 13.1. The number of nitrogens with zero attached hydrogens (tertiary/aromatic N) is 3. The van der Waals surface area contributed by atoms with Gasteiger partial charge in [-0.25, -0.2) is 4.98 Å². The van der Waals surface area contributed by atoms with Gasteiger partial charge in [0.2, 0.25) is 0 Å². The number of hydrogen-bond acceptors (Lipinski definition) is 4. The van der Waals surface area contributed by atoms with Crippen molar-refractivity contribution in [2.75, 3.05) is 13.2 Å². The van der Waals surface area contributed by atoms with Crippen molar-refractivity contribution >= 4 is 15.9 Å². The minimum Gasteiger partial charge on any atom is -0.493 e. The summed E-state index contributed by atoms with van der Waals surface area (Å²) in [6.45, 7) is 2.44. The fourth-order valence-electron chi connectivity index (χ4n) is 2.28. The Hall–Kier alpha value is -1.40. The molecule has 0 aliphatic carbocycles. The maximum Gasteiger partial charge on any atom is 0.137 e. The molecule has 2 aromatic rings. The summed E-state index contributed by atoms with van der Waals surface area (Å²) in [5.41, 5.74) is 1.22. The van der Waals surface area contributed by atoms with E-state index in [1.54, 1.807) is 12.7 Å². The molecule has 0 saturated carbocycles. The highest BCUT2D eigenvalue weighted by molar-refractivity contribution is 9.10. The first kappa shape index (κ1) is 12.6. The van der Waals surface area contributed by atoms with Crippen molar-refractivity contribution in [3.63, 3.8) is 0 Å². The highest BCUT2D eigenvalue weighted by Crippen LogP contribution is 2.33. The van der Waals surface area contributed by atoms with Gasteiger partial charge in [0.05, 0.1) is 13.2 Å². The van der Waals surface area contributed by atoms with Gasteiger partial charge < -0.3 is 10.1 Å². The largest absolute Gasteiger partial charge is 0.493 e. The van der Waals surface area contributed by atoms with E-state index < -0.39 is 0 Å². The molecule has 0 saturated heterocycles. The van der Waals surface area contributed by atoms with Crippen LogP contribution in [0.1, 0.15) is 18.0 Å². The molecule has 1 N–H and O–H groups in total. The van der Waals surface area contributed by atoms with E-state index in [0.29, 0.717) is 6.04 Å². The van der Waals surface area contributed by atoms with Crippen LogP contribution in [-0.4, -0.2) is 27.9 Å². The molecule has 1 aromatic heterocycles. The van der Waals surface area contributed by atoms with Gasteiger partial charge in [-0.2, -0.15) is 5.10 Å². The Morgan fingerprint density at radius 3 is 3.26 bits per heavy atom. The molecule has 19 heavy (non-hydrogen) atoms. The topological polar surface area (TPSA) is 52.0 Å². The summed E-state index contributed by atoms with van der Waals surface area (Å²) in [6.07, 6.45) is 4.28. The van der Waals surface area contributed by atoms with Gasteiger partial charge in [0.15, 0.2) is 0 Å². The molecule has 6 heteroatoms. The summed E-state index contributed by atoms with van der Waals surface area (Å²) < 4.78 is 8.58. The predicted molar refractivity (Wildman–Crippen MR) is 75.0 cm³/mol. The lowest BCUT2D eigenvalue weighted by Gasteiger charge is -2.27. The Labute approximate surface area is 120 Å². The molecule has 0 spiro atoms. The van der Waals surface area contributed by atoms with Gasteiger partial charge in [0, 0.05) is 29.0 Å². The van der Waals surface area contributed by atoms with Crippen molar-refractivity contribution < 1.29 is 4.74 Å². The van der Waals surface area contributed by atoms with Crippen LogP contribution in [-0.2, 0) is 6.54 Å². The lowest BCUT2D eigenvalue weighted by Crippen LogP contribution is -2.29. The van der Waals surface area contributed by atoms with Gasteiger partial charge in [0.25, 0.3) is 0 Å². The summed E-state index contributed by atoms with van der Waals surface area (Å²) in [4.78, 5) is 3.93. The fourth-order valence-corrected chi connectivity index (χ4v) is 2.66. The maximum absolute atomic E-state index is 5.67. The van der Waals surface area contributed by atoms with Crippen LogP contribution in [0, 0.1) is 0 Å². The first-order valence-electron chi connectivity index (χ1n) is 6.31. The average molecular weight is 323 g/mol. The van der Waals surface area contributed by atoms with Crippen molar-refractivity contribution in [3.05, 3.63) is 40.9 Å². The van der Waals surface area contributed by atoms with Gasteiger partial charge >= 0.3 is 0 Å². The molecular formula is C13H15BrN4O. The van der Waals surface area contributed by atoms with Gasteiger partial charge in [0.1, 0.15) is 18.4 Å². The molecule has 1 aliphatic heterocycles. The molecule has 0 bridgehead atoms. The Balaban J connectivity index is 1.64. The van der Waals surface area contributed by atoms with Gasteiger partial charge in [-0.1, -0.05) is 15.9 Å². The fraction of sp³-hybridized carbons (Fsp3) is 0.385. The van der Waals surface area contributed by atoms with Gasteiger partial charge in [-0.05, 0) is 18.2 Å². The number of benzene rings is 1. The molecule has 1 atom stereocenters. The number of nitrogens with one attached hydrogen (secondary N) is 1. The van der Waals surface area contributed by atoms with E-state index in [9.17, 15) is 0 Å². The molecule has 0 radical (unpaired) electrons. The molecular weight excluding hydrogens is 308 g/mol. The van der Waals surface area contributed by atoms with E-state index >= 15 is 0 Å². The molecule has 0 unspecified atom stereocenters.